The fraction of sp³-hybridized carbons (Fsp3) is 0.429. The van der Waals surface area contributed by atoms with Gasteiger partial charge < -0.3 is 15.3 Å². The Kier molecular flexibility index (Phi) is 3.65. The van der Waals surface area contributed by atoms with E-state index in [0.29, 0.717) is 30.6 Å². The predicted molar refractivity (Wildman–Crippen MR) is 72.1 cm³/mol. The first-order valence-corrected chi connectivity index (χ1v) is 6.43. The van der Waals surface area contributed by atoms with Gasteiger partial charge in [-0.15, -0.1) is 0 Å². The standard InChI is InChI=1S/C14H17FN2O3/c1-9-10(15)5-3-6-11(9)16-13(20)17-8-4-7-14(17,2)12(18)19/h3,5-6H,4,7-8H2,1-2H3,(H,16,20)(H,18,19). The first-order chi connectivity index (χ1) is 9.36. The highest BCUT2D eigenvalue weighted by atomic mass is 19.1. The number of carbonyl (C=O) groups is 2. The first kappa shape index (κ1) is 14.3. The van der Waals surface area contributed by atoms with Crippen LogP contribution >= 0.6 is 0 Å². The van der Waals surface area contributed by atoms with Crippen LogP contribution in [0, 0.1) is 12.7 Å². The van der Waals surface area contributed by atoms with E-state index in [0.717, 1.165) is 0 Å². The summed E-state index contributed by atoms with van der Waals surface area (Å²) in [5, 5.41) is 11.9. The molecule has 1 fully saturated rings. The molecule has 1 aromatic carbocycles. The van der Waals surface area contributed by atoms with Crippen LogP contribution in [0.2, 0.25) is 0 Å². The molecule has 0 radical (unpaired) electrons. The second-order valence-electron chi connectivity index (χ2n) is 5.18. The maximum absolute atomic E-state index is 13.4. The van der Waals surface area contributed by atoms with Crippen LogP contribution in [0.3, 0.4) is 0 Å². The molecule has 6 heteroatoms. The van der Waals surface area contributed by atoms with Crippen molar-refractivity contribution in [2.24, 2.45) is 0 Å². The highest BCUT2D eigenvalue weighted by Crippen LogP contribution is 2.30. The molecule has 1 aliphatic heterocycles. The van der Waals surface area contributed by atoms with Gasteiger partial charge in [0.15, 0.2) is 0 Å². The zero-order chi connectivity index (χ0) is 14.9. The van der Waals surface area contributed by atoms with Crippen LogP contribution in [0.15, 0.2) is 18.2 Å². The molecule has 1 aromatic rings. The number of aliphatic carboxylic acids is 1. The minimum atomic E-state index is -1.20. The van der Waals surface area contributed by atoms with Crippen LogP contribution in [0.25, 0.3) is 0 Å². The number of likely N-dealkylation sites (tertiary alicyclic amines) is 1. The molecule has 1 aliphatic rings. The molecule has 20 heavy (non-hydrogen) atoms. The number of anilines is 1. The van der Waals surface area contributed by atoms with Crippen LogP contribution in [0.5, 0.6) is 0 Å². The van der Waals surface area contributed by atoms with Crippen molar-refractivity contribution in [3.8, 4) is 0 Å². The number of hydrogen-bond acceptors (Lipinski definition) is 2. The Bertz CT molecular complexity index is 561. The Hall–Kier alpha value is -2.11. The van der Waals surface area contributed by atoms with E-state index >= 15 is 0 Å². The SMILES string of the molecule is Cc1c(F)cccc1NC(=O)N1CCCC1(C)C(=O)O. The maximum Gasteiger partial charge on any atom is 0.329 e. The molecular formula is C14H17FN2O3. The van der Waals surface area contributed by atoms with E-state index in [1.807, 2.05) is 0 Å². The highest BCUT2D eigenvalue weighted by Gasteiger charge is 2.46. The summed E-state index contributed by atoms with van der Waals surface area (Å²) in [6.07, 6.45) is 1.05. The molecular weight excluding hydrogens is 263 g/mol. The van der Waals surface area contributed by atoms with E-state index in [4.69, 9.17) is 0 Å². The van der Waals surface area contributed by atoms with Gasteiger partial charge in [-0.05, 0) is 38.8 Å². The van der Waals surface area contributed by atoms with Crippen LogP contribution in [-0.2, 0) is 4.79 Å². The van der Waals surface area contributed by atoms with E-state index in [-0.39, 0.29) is 0 Å². The van der Waals surface area contributed by atoms with Gasteiger partial charge in [0.05, 0.1) is 0 Å². The molecule has 0 bridgehead atoms. The summed E-state index contributed by atoms with van der Waals surface area (Å²) in [6, 6.07) is 3.88. The van der Waals surface area contributed by atoms with Gasteiger partial charge in [0.2, 0.25) is 0 Å². The number of halogens is 1. The lowest BCUT2D eigenvalue weighted by Gasteiger charge is -2.31. The molecule has 1 heterocycles. The van der Waals surface area contributed by atoms with E-state index < -0.39 is 23.4 Å². The number of carboxylic acid groups (broad SMARTS) is 1. The molecule has 108 valence electrons. The number of amides is 2. The van der Waals surface area contributed by atoms with E-state index in [1.54, 1.807) is 13.0 Å². The number of nitrogens with one attached hydrogen (secondary N) is 1. The summed E-state index contributed by atoms with van der Waals surface area (Å²) in [4.78, 5) is 24.8. The minimum absolute atomic E-state index is 0.331. The van der Waals surface area contributed by atoms with Gasteiger partial charge in [-0.1, -0.05) is 6.07 Å². The number of hydrogen-bond donors (Lipinski definition) is 2. The molecule has 2 amide bonds. The lowest BCUT2D eigenvalue weighted by atomic mass is 10.00. The fourth-order valence-electron chi connectivity index (χ4n) is 2.44. The predicted octanol–water partition coefficient (Wildman–Crippen LogP) is 2.61. The zero-order valence-corrected chi connectivity index (χ0v) is 11.4. The number of carboxylic acids is 1. The number of urea groups is 1. The number of nitrogens with zero attached hydrogens (tertiary/aromatic N) is 1. The molecule has 0 spiro atoms. The van der Waals surface area contributed by atoms with Crippen molar-refractivity contribution in [3.63, 3.8) is 0 Å². The lowest BCUT2D eigenvalue weighted by Crippen LogP contribution is -2.52. The third kappa shape index (κ3) is 2.33. The van der Waals surface area contributed by atoms with Gasteiger partial charge in [0.1, 0.15) is 11.4 Å². The topological polar surface area (TPSA) is 69.6 Å². The monoisotopic (exact) mass is 280 g/mol. The quantitative estimate of drug-likeness (QED) is 0.874. The third-order valence-corrected chi connectivity index (χ3v) is 3.86. The van der Waals surface area contributed by atoms with Crippen molar-refractivity contribution >= 4 is 17.7 Å². The van der Waals surface area contributed by atoms with Gasteiger partial charge >= 0.3 is 12.0 Å². The normalized spacial score (nSPS) is 21.9. The summed E-state index contributed by atoms with van der Waals surface area (Å²) < 4.78 is 13.4. The lowest BCUT2D eigenvalue weighted by molar-refractivity contribution is -0.146. The smallest absolute Gasteiger partial charge is 0.329 e. The molecule has 2 rings (SSSR count). The molecule has 0 aliphatic carbocycles. The van der Waals surface area contributed by atoms with E-state index in [1.165, 1.54) is 24.0 Å². The average Bonchev–Trinajstić information content (AvgIpc) is 2.78. The van der Waals surface area contributed by atoms with E-state index in [2.05, 4.69) is 5.32 Å². The molecule has 0 aromatic heterocycles. The van der Waals surface area contributed by atoms with Gasteiger partial charge in [0.25, 0.3) is 0 Å². The first-order valence-electron chi connectivity index (χ1n) is 6.43. The largest absolute Gasteiger partial charge is 0.480 e. The van der Waals surface area contributed by atoms with Crippen molar-refractivity contribution in [2.45, 2.75) is 32.2 Å². The molecule has 2 N–H and O–H groups in total. The number of benzene rings is 1. The Labute approximate surface area is 116 Å². The Morgan fingerprint density at radius 1 is 1.45 bits per heavy atom. The van der Waals surface area contributed by atoms with Crippen LogP contribution < -0.4 is 5.32 Å². The fourth-order valence-corrected chi connectivity index (χ4v) is 2.44. The zero-order valence-electron chi connectivity index (χ0n) is 11.4. The van der Waals surface area contributed by atoms with Crippen LogP contribution in [0.1, 0.15) is 25.3 Å². The average molecular weight is 280 g/mol. The summed E-state index contributed by atoms with van der Waals surface area (Å²) in [5.41, 5.74) is -0.516. The Balaban J connectivity index is 2.20. The second kappa shape index (κ2) is 5.11. The molecule has 5 nitrogen and oxygen atoms in total. The Morgan fingerprint density at radius 3 is 2.80 bits per heavy atom. The van der Waals surface area contributed by atoms with Crippen LogP contribution in [-0.4, -0.2) is 34.1 Å². The molecule has 0 saturated carbocycles. The van der Waals surface area contributed by atoms with Gasteiger partial charge in [-0.2, -0.15) is 0 Å². The summed E-state index contributed by atoms with van der Waals surface area (Å²) in [7, 11) is 0. The van der Waals surface area contributed by atoms with Crippen molar-refractivity contribution in [2.75, 3.05) is 11.9 Å². The van der Waals surface area contributed by atoms with Gasteiger partial charge in [0, 0.05) is 17.8 Å². The highest BCUT2D eigenvalue weighted by molar-refractivity contribution is 5.94. The third-order valence-electron chi connectivity index (χ3n) is 3.86. The number of carbonyl (C=O) groups excluding carboxylic acids is 1. The summed E-state index contributed by atoms with van der Waals surface area (Å²) >= 11 is 0. The molecule has 1 saturated heterocycles. The summed E-state index contributed by atoms with van der Waals surface area (Å²) in [6.45, 7) is 3.47. The van der Waals surface area contributed by atoms with Crippen molar-refractivity contribution in [1.82, 2.24) is 4.90 Å². The van der Waals surface area contributed by atoms with Crippen molar-refractivity contribution < 1.29 is 19.1 Å². The Morgan fingerprint density at radius 2 is 2.15 bits per heavy atom. The van der Waals surface area contributed by atoms with Crippen molar-refractivity contribution in [3.05, 3.63) is 29.6 Å². The van der Waals surface area contributed by atoms with Crippen molar-refractivity contribution in [1.29, 1.82) is 0 Å². The van der Waals surface area contributed by atoms with Crippen LogP contribution in [0.4, 0.5) is 14.9 Å². The molecule has 1 atom stereocenters. The summed E-state index contributed by atoms with van der Waals surface area (Å²) in [5.74, 6) is -1.44. The van der Waals surface area contributed by atoms with Gasteiger partial charge in [-0.25, -0.2) is 14.0 Å². The minimum Gasteiger partial charge on any atom is -0.480 e. The number of rotatable bonds is 2. The second-order valence-corrected chi connectivity index (χ2v) is 5.18. The maximum atomic E-state index is 13.4. The van der Waals surface area contributed by atoms with Gasteiger partial charge in [-0.3, -0.25) is 0 Å². The van der Waals surface area contributed by atoms with E-state index in [9.17, 15) is 19.1 Å². The molecule has 1 unspecified atom stereocenters.